The number of benzene rings is 2. The van der Waals surface area contributed by atoms with Crippen molar-refractivity contribution < 1.29 is 28.7 Å². The van der Waals surface area contributed by atoms with E-state index in [2.05, 4.69) is 10.6 Å². The number of amides is 4. The number of fused-ring (bicyclic) bond motifs is 2. The third-order valence-electron chi connectivity index (χ3n) is 11.3. The number of piperidine rings is 2. The number of carbonyl (C=O) groups is 5. The molecule has 4 heterocycles. The van der Waals surface area contributed by atoms with Crippen LogP contribution in [-0.2, 0) is 41.6 Å². The van der Waals surface area contributed by atoms with Gasteiger partial charge in [-0.3, -0.25) is 19.2 Å². The van der Waals surface area contributed by atoms with Crippen LogP contribution in [0.25, 0.3) is 0 Å². The van der Waals surface area contributed by atoms with E-state index in [4.69, 9.17) is 4.74 Å². The quantitative estimate of drug-likeness (QED) is 0.278. The predicted octanol–water partition coefficient (Wildman–Crippen LogP) is 5.34. The Morgan fingerprint density at radius 1 is 0.792 bits per heavy atom. The number of ether oxygens (including phenoxy) is 1. The first-order valence-corrected chi connectivity index (χ1v) is 21.2. The van der Waals surface area contributed by atoms with Gasteiger partial charge in [0.05, 0.1) is 17.9 Å². The maximum Gasteiger partial charge on any atom is 0.328 e. The van der Waals surface area contributed by atoms with Crippen molar-refractivity contribution in [3.8, 4) is 0 Å². The highest BCUT2D eigenvalue weighted by atomic mass is 32.2. The van der Waals surface area contributed by atoms with Gasteiger partial charge in [0.15, 0.2) is 0 Å². The maximum atomic E-state index is 14.3. The summed E-state index contributed by atoms with van der Waals surface area (Å²) in [6.07, 6.45) is 7.42. The van der Waals surface area contributed by atoms with Crippen LogP contribution in [0.2, 0.25) is 0 Å². The van der Waals surface area contributed by atoms with Gasteiger partial charge in [-0.2, -0.15) is 0 Å². The minimum atomic E-state index is -0.761. The summed E-state index contributed by atoms with van der Waals surface area (Å²) in [5.41, 5.74) is 2.00. The zero-order valence-electron chi connectivity index (χ0n) is 31.2. The summed E-state index contributed by atoms with van der Waals surface area (Å²) in [6.45, 7) is 4.81. The molecular formula is C41H54N4O6S2. The topological polar surface area (TPSA) is 125 Å². The standard InChI is InChI=1S/C41H54N4O6S2/c1-41(2)35(39(49)44-23-11-10-18-33(44)53-41)43-37(47)30(26-28-15-8-5-9-16-28)21-20-29(25-27-13-6-4-7-14-27)36(46)42-31-22-24-52-34-19-12-17-32(40(50)51-3)45(34)38(31)48/h4-9,13-16,29-35H,10-12,17-26H2,1-3H3,(H,42,46)(H,43,47)/t29-,30-,31+,32+,33+,34+,35-/m1/s1. The smallest absolute Gasteiger partial charge is 0.328 e. The van der Waals surface area contributed by atoms with Gasteiger partial charge in [0.25, 0.3) is 0 Å². The molecule has 7 atom stereocenters. The second-order valence-electron chi connectivity index (χ2n) is 15.4. The molecular weight excluding hydrogens is 709 g/mol. The van der Waals surface area contributed by atoms with Crippen LogP contribution < -0.4 is 10.6 Å². The van der Waals surface area contributed by atoms with Crippen molar-refractivity contribution in [1.29, 1.82) is 0 Å². The molecule has 6 rings (SSSR count). The highest BCUT2D eigenvalue weighted by Crippen LogP contribution is 2.43. The molecule has 4 fully saturated rings. The zero-order chi connectivity index (χ0) is 37.5. The lowest BCUT2D eigenvalue weighted by molar-refractivity contribution is -0.156. The third kappa shape index (κ3) is 9.42. The molecule has 4 aliphatic heterocycles. The Labute approximate surface area is 322 Å². The van der Waals surface area contributed by atoms with Gasteiger partial charge in [0, 0.05) is 23.1 Å². The molecule has 10 nitrogen and oxygen atoms in total. The average Bonchev–Trinajstić information content (AvgIpc) is 3.32. The van der Waals surface area contributed by atoms with Crippen LogP contribution in [-0.4, -0.2) is 92.4 Å². The number of nitrogens with zero attached hydrogens (tertiary/aromatic N) is 2. The largest absolute Gasteiger partial charge is 0.467 e. The first-order chi connectivity index (χ1) is 25.6. The van der Waals surface area contributed by atoms with Gasteiger partial charge in [-0.25, -0.2) is 4.79 Å². The van der Waals surface area contributed by atoms with E-state index in [0.717, 1.165) is 43.2 Å². The summed E-state index contributed by atoms with van der Waals surface area (Å²) in [5, 5.41) is 6.31. The molecule has 0 aliphatic carbocycles. The van der Waals surface area contributed by atoms with Crippen LogP contribution in [0.15, 0.2) is 60.7 Å². The Bertz CT molecular complexity index is 1610. The molecule has 0 unspecified atom stereocenters. The normalized spacial score (nSPS) is 26.7. The van der Waals surface area contributed by atoms with Gasteiger partial charge in [0.1, 0.15) is 18.1 Å². The lowest BCUT2D eigenvalue weighted by atomic mass is 9.86. The minimum Gasteiger partial charge on any atom is -0.467 e. The van der Waals surface area contributed by atoms with Crippen LogP contribution in [0, 0.1) is 11.8 Å². The molecule has 0 aromatic heterocycles. The highest BCUT2D eigenvalue weighted by molar-refractivity contribution is 8.01. The molecule has 286 valence electrons. The fraction of sp³-hybridized carbons (Fsp3) is 0.585. The molecule has 4 aliphatic rings. The highest BCUT2D eigenvalue weighted by Gasteiger charge is 2.49. The Kier molecular flexibility index (Phi) is 13.1. The number of hydrogen-bond acceptors (Lipinski definition) is 8. The predicted molar refractivity (Wildman–Crippen MR) is 209 cm³/mol. The van der Waals surface area contributed by atoms with E-state index in [1.165, 1.54) is 7.11 Å². The second kappa shape index (κ2) is 17.8. The molecule has 12 heteroatoms. The van der Waals surface area contributed by atoms with E-state index >= 15 is 0 Å². The summed E-state index contributed by atoms with van der Waals surface area (Å²) in [6, 6.07) is 17.6. The van der Waals surface area contributed by atoms with Crippen molar-refractivity contribution in [3.63, 3.8) is 0 Å². The van der Waals surface area contributed by atoms with E-state index in [9.17, 15) is 24.0 Å². The first-order valence-electron chi connectivity index (χ1n) is 19.2. The Morgan fingerprint density at radius 2 is 1.40 bits per heavy atom. The average molecular weight is 763 g/mol. The van der Waals surface area contributed by atoms with Crippen molar-refractivity contribution >= 4 is 53.1 Å². The molecule has 4 saturated heterocycles. The van der Waals surface area contributed by atoms with Crippen molar-refractivity contribution in [2.24, 2.45) is 11.8 Å². The minimum absolute atomic E-state index is 0.0109. The molecule has 53 heavy (non-hydrogen) atoms. The van der Waals surface area contributed by atoms with Gasteiger partial charge in [-0.05, 0) is 101 Å². The van der Waals surface area contributed by atoms with Crippen molar-refractivity contribution in [2.75, 3.05) is 19.4 Å². The van der Waals surface area contributed by atoms with E-state index in [-0.39, 0.29) is 34.4 Å². The Hall–Kier alpha value is -3.51. The third-order valence-corrected chi connectivity index (χ3v) is 14.2. The second-order valence-corrected chi connectivity index (χ2v) is 18.5. The molecule has 0 radical (unpaired) electrons. The maximum absolute atomic E-state index is 14.3. The fourth-order valence-corrected chi connectivity index (χ4v) is 11.4. The summed E-state index contributed by atoms with van der Waals surface area (Å²) in [5.74, 6) is -1.41. The van der Waals surface area contributed by atoms with Crippen molar-refractivity contribution in [3.05, 3.63) is 71.8 Å². The Morgan fingerprint density at radius 3 is 2.02 bits per heavy atom. The van der Waals surface area contributed by atoms with Crippen molar-refractivity contribution in [1.82, 2.24) is 20.4 Å². The summed E-state index contributed by atoms with van der Waals surface area (Å²) < 4.78 is 4.60. The summed E-state index contributed by atoms with van der Waals surface area (Å²) >= 11 is 3.43. The molecule has 0 saturated carbocycles. The molecule has 2 aromatic rings. The molecule has 4 amide bonds. The van der Waals surface area contributed by atoms with Gasteiger partial charge in [0.2, 0.25) is 23.6 Å². The lowest BCUT2D eigenvalue weighted by Crippen LogP contribution is -2.64. The Balaban J connectivity index is 1.20. The number of nitrogens with one attached hydrogen (secondary N) is 2. The van der Waals surface area contributed by atoms with Crippen LogP contribution >= 0.6 is 23.5 Å². The summed E-state index contributed by atoms with van der Waals surface area (Å²) in [4.78, 5) is 72.8. The number of methoxy groups -OCH3 is 1. The van der Waals surface area contributed by atoms with Gasteiger partial charge in [-0.15, -0.1) is 23.5 Å². The van der Waals surface area contributed by atoms with E-state index in [0.29, 0.717) is 50.8 Å². The number of rotatable bonds is 12. The van der Waals surface area contributed by atoms with Crippen molar-refractivity contribution in [2.45, 2.75) is 118 Å². The van der Waals surface area contributed by atoms with E-state index < -0.39 is 40.7 Å². The van der Waals surface area contributed by atoms with Crippen LogP contribution in [0.4, 0.5) is 0 Å². The number of carbonyl (C=O) groups excluding carboxylic acids is 5. The zero-order valence-corrected chi connectivity index (χ0v) is 32.8. The lowest BCUT2D eigenvalue weighted by Gasteiger charge is -2.49. The van der Waals surface area contributed by atoms with Gasteiger partial charge in [-0.1, -0.05) is 60.7 Å². The van der Waals surface area contributed by atoms with Gasteiger partial charge >= 0.3 is 5.97 Å². The number of thioether (sulfide) groups is 2. The number of esters is 1. The van der Waals surface area contributed by atoms with Crippen LogP contribution in [0.5, 0.6) is 0 Å². The SMILES string of the molecule is COC(=O)[C@@H]1CCC[C@@H]2SCC[C@H](NC(=O)[C@H](CC[C@H](Cc3ccccc3)C(=O)N[C@@H]3C(=O)N4CCCC[C@@H]4SC3(C)C)Cc3ccccc3)C(=O)N21. The molecule has 0 spiro atoms. The van der Waals surface area contributed by atoms with Crippen LogP contribution in [0.1, 0.15) is 82.8 Å². The van der Waals surface area contributed by atoms with Gasteiger partial charge < -0.3 is 25.2 Å². The monoisotopic (exact) mass is 762 g/mol. The molecule has 2 aromatic carbocycles. The first kappa shape index (κ1) is 39.2. The molecule has 2 N–H and O–H groups in total. The fourth-order valence-electron chi connectivity index (χ4n) is 8.34. The van der Waals surface area contributed by atoms with Crippen LogP contribution in [0.3, 0.4) is 0 Å². The number of hydrogen-bond donors (Lipinski definition) is 2. The molecule has 0 bridgehead atoms. The van der Waals surface area contributed by atoms with E-state index in [1.807, 2.05) is 79.4 Å². The summed E-state index contributed by atoms with van der Waals surface area (Å²) in [7, 11) is 1.34. The van der Waals surface area contributed by atoms with E-state index in [1.54, 1.807) is 28.4 Å².